The molecule has 0 saturated heterocycles. The lowest BCUT2D eigenvalue weighted by Gasteiger charge is -2.21. The summed E-state index contributed by atoms with van der Waals surface area (Å²) >= 11 is 0. The highest BCUT2D eigenvalue weighted by Gasteiger charge is 2.26. The second-order valence-corrected chi connectivity index (χ2v) is 2.48. The Labute approximate surface area is 59.3 Å². The fourth-order valence-corrected chi connectivity index (χ4v) is 0.970. The molecule has 1 heterocycles. The minimum atomic E-state index is -0.878. The van der Waals surface area contributed by atoms with Crippen molar-refractivity contribution in [3.8, 4) is 0 Å². The molecule has 0 aromatic carbocycles. The van der Waals surface area contributed by atoms with Crippen LogP contribution in [0.25, 0.3) is 0 Å². The maximum absolute atomic E-state index is 10.4. The average molecular weight is 142 g/mol. The second kappa shape index (κ2) is 2.73. The molecule has 0 fully saturated rings. The van der Waals surface area contributed by atoms with Crippen LogP contribution in [0.3, 0.4) is 0 Å². The van der Waals surface area contributed by atoms with Gasteiger partial charge in [0.2, 0.25) is 0 Å². The molecule has 3 nitrogen and oxygen atoms in total. The molecule has 0 saturated carbocycles. The molecule has 3 heteroatoms. The van der Waals surface area contributed by atoms with E-state index < -0.39 is 12.1 Å². The topological polar surface area (TPSA) is 46.5 Å². The molecule has 0 bridgehead atoms. The Morgan fingerprint density at radius 3 is 2.90 bits per heavy atom. The zero-order valence-corrected chi connectivity index (χ0v) is 5.78. The highest BCUT2D eigenvalue weighted by atomic mass is 16.5. The van der Waals surface area contributed by atoms with Crippen LogP contribution in [0.5, 0.6) is 0 Å². The Morgan fingerprint density at radius 2 is 2.50 bits per heavy atom. The molecule has 1 aliphatic heterocycles. The van der Waals surface area contributed by atoms with Crippen molar-refractivity contribution in [3.63, 3.8) is 0 Å². The second-order valence-electron chi connectivity index (χ2n) is 2.48. The lowest BCUT2D eigenvalue weighted by molar-refractivity contribution is -0.150. The Bertz CT molecular complexity index is 162. The van der Waals surface area contributed by atoms with Crippen LogP contribution in [-0.2, 0) is 9.53 Å². The molecule has 0 aromatic heterocycles. The summed E-state index contributed by atoms with van der Waals surface area (Å²) in [5.41, 5.74) is 0. The van der Waals surface area contributed by atoms with Crippen LogP contribution in [0.2, 0.25) is 0 Å². The fraction of sp³-hybridized carbons (Fsp3) is 0.571. The van der Waals surface area contributed by atoms with Gasteiger partial charge in [0.15, 0.2) is 6.10 Å². The summed E-state index contributed by atoms with van der Waals surface area (Å²) in [6.45, 7) is 1.86. The summed E-state index contributed by atoms with van der Waals surface area (Å²) in [4.78, 5) is 10.4. The van der Waals surface area contributed by atoms with E-state index in [1.54, 1.807) is 0 Å². The predicted octanol–water partition coefficient (Wildman–Crippen LogP) is 1.01. The Morgan fingerprint density at radius 1 is 1.80 bits per heavy atom. The van der Waals surface area contributed by atoms with Crippen molar-refractivity contribution in [1.29, 1.82) is 0 Å². The lowest BCUT2D eigenvalue weighted by atomic mass is 9.99. The molecular weight excluding hydrogens is 132 g/mol. The van der Waals surface area contributed by atoms with Gasteiger partial charge in [-0.1, -0.05) is 6.92 Å². The van der Waals surface area contributed by atoms with Gasteiger partial charge in [0.25, 0.3) is 0 Å². The average Bonchev–Trinajstić information content (AvgIpc) is 1.88. The molecule has 1 aliphatic rings. The molecule has 0 amide bonds. The number of carbonyl (C=O) groups is 1. The smallest absolute Gasteiger partial charge is 0.345 e. The summed E-state index contributed by atoms with van der Waals surface area (Å²) in [7, 11) is 0. The van der Waals surface area contributed by atoms with Gasteiger partial charge < -0.3 is 9.84 Å². The Balaban J connectivity index is 2.59. The van der Waals surface area contributed by atoms with Crippen LogP contribution in [0.4, 0.5) is 0 Å². The zero-order chi connectivity index (χ0) is 7.56. The van der Waals surface area contributed by atoms with Gasteiger partial charge in [-0.05, 0) is 12.5 Å². The first-order valence-electron chi connectivity index (χ1n) is 3.25. The van der Waals surface area contributed by atoms with Gasteiger partial charge in [-0.3, -0.25) is 0 Å². The van der Waals surface area contributed by atoms with Gasteiger partial charge in [0, 0.05) is 5.92 Å². The first-order chi connectivity index (χ1) is 4.72. The Hall–Kier alpha value is -0.990. The molecule has 0 radical (unpaired) electrons. The first kappa shape index (κ1) is 7.12. The van der Waals surface area contributed by atoms with Crippen molar-refractivity contribution in [1.82, 2.24) is 0 Å². The molecule has 10 heavy (non-hydrogen) atoms. The number of hydrogen-bond donors (Lipinski definition) is 1. The van der Waals surface area contributed by atoms with Crippen molar-refractivity contribution in [2.45, 2.75) is 19.4 Å². The number of allylic oxidation sites excluding steroid dienone is 1. The van der Waals surface area contributed by atoms with E-state index in [0.29, 0.717) is 0 Å². The maximum Gasteiger partial charge on any atom is 0.345 e. The van der Waals surface area contributed by atoms with E-state index in [9.17, 15) is 4.79 Å². The van der Waals surface area contributed by atoms with E-state index in [-0.39, 0.29) is 5.92 Å². The van der Waals surface area contributed by atoms with E-state index in [4.69, 9.17) is 9.84 Å². The maximum atomic E-state index is 10.4. The van der Waals surface area contributed by atoms with Gasteiger partial charge in [-0.15, -0.1) is 0 Å². The highest BCUT2D eigenvalue weighted by molar-refractivity contribution is 5.72. The zero-order valence-electron chi connectivity index (χ0n) is 5.78. The SMILES string of the molecule is CC1CC=COC1C(=O)O. The lowest BCUT2D eigenvalue weighted by Crippen LogP contribution is -2.30. The van der Waals surface area contributed by atoms with Crippen molar-refractivity contribution in [3.05, 3.63) is 12.3 Å². The van der Waals surface area contributed by atoms with Crippen LogP contribution < -0.4 is 0 Å². The molecule has 2 atom stereocenters. The van der Waals surface area contributed by atoms with Gasteiger partial charge in [-0.25, -0.2) is 4.79 Å². The summed E-state index contributed by atoms with van der Waals surface area (Å²) < 4.78 is 4.87. The third kappa shape index (κ3) is 1.29. The van der Waals surface area contributed by atoms with Crippen molar-refractivity contribution < 1.29 is 14.6 Å². The van der Waals surface area contributed by atoms with Crippen molar-refractivity contribution in [2.75, 3.05) is 0 Å². The molecule has 1 rings (SSSR count). The third-order valence-corrected chi connectivity index (χ3v) is 1.59. The predicted molar refractivity (Wildman–Crippen MR) is 35.4 cm³/mol. The van der Waals surface area contributed by atoms with E-state index in [1.165, 1.54) is 6.26 Å². The summed E-state index contributed by atoms with van der Waals surface area (Å²) in [5, 5.41) is 8.55. The van der Waals surface area contributed by atoms with E-state index in [2.05, 4.69) is 0 Å². The molecule has 0 aliphatic carbocycles. The quantitative estimate of drug-likeness (QED) is 0.594. The third-order valence-electron chi connectivity index (χ3n) is 1.59. The largest absolute Gasteiger partial charge is 0.486 e. The van der Waals surface area contributed by atoms with Gasteiger partial charge in [0.1, 0.15) is 0 Å². The van der Waals surface area contributed by atoms with Crippen LogP contribution in [0.15, 0.2) is 12.3 Å². The van der Waals surface area contributed by atoms with Crippen LogP contribution >= 0.6 is 0 Å². The molecule has 1 N–H and O–H groups in total. The normalized spacial score (nSPS) is 31.3. The molecule has 56 valence electrons. The number of carboxylic acids is 1. The van der Waals surface area contributed by atoms with E-state index >= 15 is 0 Å². The van der Waals surface area contributed by atoms with E-state index in [0.717, 1.165) is 6.42 Å². The van der Waals surface area contributed by atoms with Gasteiger partial charge in [-0.2, -0.15) is 0 Å². The fourth-order valence-electron chi connectivity index (χ4n) is 0.970. The van der Waals surface area contributed by atoms with Crippen molar-refractivity contribution >= 4 is 5.97 Å². The molecule has 0 spiro atoms. The van der Waals surface area contributed by atoms with Crippen molar-refractivity contribution in [2.24, 2.45) is 5.92 Å². The standard InChI is InChI=1S/C7H10O3/c1-5-3-2-4-10-6(5)7(8)9/h2,4-6H,3H2,1H3,(H,8,9). The monoisotopic (exact) mass is 142 g/mol. The number of ether oxygens (including phenoxy) is 1. The van der Waals surface area contributed by atoms with Crippen LogP contribution in [-0.4, -0.2) is 17.2 Å². The number of aliphatic carboxylic acids is 1. The summed E-state index contributed by atoms with van der Waals surface area (Å²) in [6, 6.07) is 0. The van der Waals surface area contributed by atoms with E-state index in [1.807, 2.05) is 13.0 Å². The van der Waals surface area contributed by atoms with Gasteiger partial charge >= 0.3 is 5.97 Å². The number of carboxylic acid groups (broad SMARTS) is 1. The minimum absolute atomic E-state index is 0.0856. The minimum Gasteiger partial charge on any atom is -0.486 e. The summed E-state index contributed by atoms with van der Waals surface area (Å²) in [6.07, 6.45) is 3.44. The van der Waals surface area contributed by atoms with Crippen LogP contribution in [0.1, 0.15) is 13.3 Å². The number of hydrogen-bond acceptors (Lipinski definition) is 2. The summed E-state index contributed by atoms with van der Waals surface area (Å²) in [5.74, 6) is -0.792. The molecular formula is C7H10O3. The van der Waals surface area contributed by atoms with Gasteiger partial charge in [0.05, 0.1) is 6.26 Å². The first-order valence-corrected chi connectivity index (χ1v) is 3.25. The number of rotatable bonds is 1. The molecule has 0 aromatic rings. The van der Waals surface area contributed by atoms with Crippen LogP contribution in [0, 0.1) is 5.92 Å². The highest BCUT2D eigenvalue weighted by Crippen LogP contribution is 2.17. The molecule has 2 unspecified atom stereocenters. The Kier molecular flexibility index (Phi) is 1.94.